The minimum Gasteiger partial charge on any atom is -0.493 e. The number of fused-ring (bicyclic) bond motifs is 2. The molecule has 3 heterocycles. The predicted octanol–water partition coefficient (Wildman–Crippen LogP) is 2.16. The fourth-order valence-electron chi connectivity index (χ4n) is 4.35. The normalized spacial score (nSPS) is 20.3. The van der Waals surface area contributed by atoms with Gasteiger partial charge < -0.3 is 19.4 Å². The Morgan fingerprint density at radius 3 is 2.80 bits per heavy atom. The Hall–Kier alpha value is -3.13. The van der Waals surface area contributed by atoms with Crippen molar-refractivity contribution in [3.05, 3.63) is 52.8 Å². The molecule has 1 aromatic carbocycles. The lowest BCUT2D eigenvalue weighted by atomic mass is 9.84. The standard InChI is InChI=1S/C22H25N3O5/c1-14-12-16(15(2)24(14)9-11-29-3)18(26)13-25-20(27)22(23-21(25)28)8-10-30-19-7-5-4-6-17(19)22/h4-7,12H,8-11,13H2,1-3H3,(H,23,28). The number of hydrogen-bond acceptors (Lipinski definition) is 5. The molecule has 2 aliphatic heterocycles. The van der Waals surface area contributed by atoms with Crippen molar-refractivity contribution in [3.8, 4) is 5.75 Å². The molecule has 1 N–H and O–H groups in total. The fourth-order valence-corrected chi connectivity index (χ4v) is 4.35. The molecule has 8 nitrogen and oxygen atoms in total. The number of hydrogen-bond donors (Lipinski definition) is 1. The van der Waals surface area contributed by atoms with E-state index in [1.165, 1.54) is 0 Å². The number of rotatable bonds is 6. The number of para-hydroxylation sites is 1. The molecule has 1 aromatic heterocycles. The van der Waals surface area contributed by atoms with E-state index in [2.05, 4.69) is 5.32 Å². The minimum atomic E-state index is -1.18. The summed E-state index contributed by atoms with van der Waals surface area (Å²) in [6.45, 7) is 4.94. The highest BCUT2D eigenvalue weighted by Gasteiger charge is 2.55. The zero-order chi connectivity index (χ0) is 21.5. The van der Waals surface area contributed by atoms with Gasteiger partial charge in [0.25, 0.3) is 5.91 Å². The molecule has 4 rings (SSSR count). The van der Waals surface area contributed by atoms with Crippen LogP contribution in [0.3, 0.4) is 0 Å². The van der Waals surface area contributed by atoms with Crippen LogP contribution in [0.5, 0.6) is 5.75 Å². The first kappa shape index (κ1) is 20.2. The van der Waals surface area contributed by atoms with Gasteiger partial charge in [-0.2, -0.15) is 0 Å². The maximum atomic E-state index is 13.3. The highest BCUT2D eigenvalue weighted by molar-refractivity contribution is 6.12. The molecule has 3 amide bonds. The maximum Gasteiger partial charge on any atom is 0.325 e. The molecular weight excluding hydrogens is 386 g/mol. The van der Waals surface area contributed by atoms with Crippen molar-refractivity contribution in [2.75, 3.05) is 26.9 Å². The summed E-state index contributed by atoms with van der Waals surface area (Å²) < 4.78 is 12.8. The summed E-state index contributed by atoms with van der Waals surface area (Å²) in [6.07, 6.45) is 0.324. The quantitative estimate of drug-likeness (QED) is 0.581. The van der Waals surface area contributed by atoms with Gasteiger partial charge in [0.15, 0.2) is 11.3 Å². The van der Waals surface area contributed by atoms with E-state index in [-0.39, 0.29) is 12.3 Å². The summed E-state index contributed by atoms with van der Waals surface area (Å²) in [5, 5.41) is 2.82. The Labute approximate surface area is 174 Å². The van der Waals surface area contributed by atoms with E-state index in [9.17, 15) is 14.4 Å². The molecule has 8 heteroatoms. The zero-order valence-electron chi connectivity index (χ0n) is 17.4. The van der Waals surface area contributed by atoms with Crippen LogP contribution >= 0.6 is 0 Å². The predicted molar refractivity (Wildman–Crippen MR) is 109 cm³/mol. The average Bonchev–Trinajstić information content (AvgIpc) is 3.15. The first-order valence-corrected chi connectivity index (χ1v) is 9.94. The van der Waals surface area contributed by atoms with Crippen LogP contribution in [0.4, 0.5) is 4.79 Å². The van der Waals surface area contributed by atoms with E-state index >= 15 is 0 Å². The number of amides is 3. The average molecular weight is 411 g/mol. The number of imide groups is 1. The van der Waals surface area contributed by atoms with E-state index in [4.69, 9.17) is 9.47 Å². The van der Waals surface area contributed by atoms with Crippen LogP contribution in [0.15, 0.2) is 30.3 Å². The van der Waals surface area contributed by atoms with Gasteiger partial charge in [0.05, 0.1) is 19.8 Å². The molecule has 1 atom stereocenters. The molecule has 1 saturated heterocycles. The Kier molecular flexibility index (Phi) is 5.11. The van der Waals surface area contributed by atoms with Crippen LogP contribution in [0.2, 0.25) is 0 Å². The smallest absolute Gasteiger partial charge is 0.325 e. The summed E-state index contributed by atoms with van der Waals surface area (Å²) in [4.78, 5) is 40.1. The fraction of sp³-hybridized carbons (Fsp3) is 0.409. The second-order valence-electron chi connectivity index (χ2n) is 7.67. The van der Waals surface area contributed by atoms with Crippen molar-refractivity contribution in [1.29, 1.82) is 0 Å². The van der Waals surface area contributed by atoms with E-state index in [0.29, 0.717) is 43.1 Å². The Balaban J connectivity index is 1.59. The summed E-state index contributed by atoms with van der Waals surface area (Å²) >= 11 is 0. The van der Waals surface area contributed by atoms with Gasteiger partial charge in [-0.3, -0.25) is 14.5 Å². The van der Waals surface area contributed by atoms with Gasteiger partial charge in [0.1, 0.15) is 5.75 Å². The number of methoxy groups -OCH3 is 1. The first-order valence-electron chi connectivity index (χ1n) is 9.94. The molecule has 2 aromatic rings. The van der Waals surface area contributed by atoms with Gasteiger partial charge in [0, 0.05) is 42.6 Å². The first-order chi connectivity index (χ1) is 14.4. The van der Waals surface area contributed by atoms with E-state index < -0.39 is 17.5 Å². The largest absolute Gasteiger partial charge is 0.493 e. The van der Waals surface area contributed by atoms with Crippen molar-refractivity contribution in [3.63, 3.8) is 0 Å². The summed E-state index contributed by atoms with van der Waals surface area (Å²) in [6, 6.07) is 8.42. The molecule has 1 fully saturated rings. The van der Waals surface area contributed by atoms with Crippen LogP contribution in [-0.2, 0) is 21.6 Å². The number of aromatic nitrogens is 1. The van der Waals surface area contributed by atoms with E-state index in [0.717, 1.165) is 16.3 Å². The molecule has 0 saturated carbocycles. The Bertz CT molecular complexity index is 1030. The van der Waals surface area contributed by atoms with Gasteiger partial charge in [-0.05, 0) is 26.0 Å². The highest BCUT2D eigenvalue weighted by Crippen LogP contribution is 2.41. The number of nitrogens with one attached hydrogen (secondary N) is 1. The number of aryl methyl sites for hydroxylation is 1. The molecule has 1 unspecified atom stereocenters. The number of ketones is 1. The van der Waals surface area contributed by atoms with Crippen LogP contribution in [0, 0.1) is 13.8 Å². The lowest BCUT2D eigenvalue weighted by Crippen LogP contribution is -2.47. The lowest BCUT2D eigenvalue weighted by Gasteiger charge is -2.33. The van der Waals surface area contributed by atoms with Crippen LogP contribution in [-0.4, -0.2) is 54.1 Å². The van der Waals surface area contributed by atoms with Crippen molar-refractivity contribution in [2.45, 2.75) is 32.4 Å². The number of ether oxygens (including phenoxy) is 2. The SMILES string of the molecule is COCCn1c(C)cc(C(=O)CN2C(=O)NC3(CCOc4ccccc43)C2=O)c1C. The number of carbonyl (C=O) groups is 3. The number of Topliss-reactive ketones (excluding diaryl/α,β-unsaturated/α-hetero) is 1. The minimum absolute atomic E-state index is 0.271. The van der Waals surface area contributed by atoms with Gasteiger partial charge in [-0.1, -0.05) is 18.2 Å². The topological polar surface area (TPSA) is 89.9 Å². The monoisotopic (exact) mass is 411 g/mol. The molecule has 0 bridgehead atoms. The van der Waals surface area contributed by atoms with Gasteiger partial charge in [-0.15, -0.1) is 0 Å². The van der Waals surface area contributed by atoms with Crippen LogP contribution in [0.25, 0.3) is 0 Å². The van der Waals surface area contributed by atoms with Gasteiger partial charge in [0.2, 0.25) is 0 Å². The van der Waals surface area contributed by atoms with Crippen molar-refractivity contribution >= 4 is 17.7 Å². The zero-order valence-corrected chi connectivity index (χ0v) is 17.4. The summed E-state index contributed by atoms with van der Waals surface area (Å²) in [7, 11) is 1.63. The molecule has 1 spiro atoms. The third-order valence-corrected chi connectivity index (χ3v) is 5.95. The van der Waals surface area contributed by atoms with Crippen molar-refractivity contribution in [2.24, 2.45) is 0 Å². The Morgan fingerprint density at radius 2 is 2.03 bits per heavy atom. The molecule has 0 aliphatic carbocycles. The second-order valence-corrected chi connectivity index (χ2v) is 7.67. The van der Waals surface area contributed by atoms with Gasteiger partial charge in [-0.25, -0.2) is 4.79 Å². The summed E-state index contributed by atoms with van der Waals surface area (Å²) in [5.74, 6) is -0.107. The van der Waals surface area contributed by atoms with E-state index in [1.807, 2.05) is 24.5 Å². The number of benzene rings is 1. The third kappa shape index (κ3) is 3.08. The van der Waals surface area contributed by atoms with Crippen LogP contribution < -0.4 is 10.1 Å². The van der Waals surface area contributed by atoms with E-state index in [1.54, 1.807) is 31.4 Å². The lowest BCUT2D eigenvalue weighted by molar-refractivity contribution is -0.132. The molecule has 2 aliphatic rings. The molecule has 158 valence electrons. The summed E-state index contributed by atoms with van der Waals surface area (Å²) in [5.41, 5.74) is 1.69. The van der Waals surface area contributed by atoms with Crippen molar-refractivity contribution in [1.82, 2.24) is 14.8 Å². The second kappa shape index (κ2) is 7.60. The highest BCUT2D eigenvalue weighted by atomic mass is 16.5. The number of urea groups is 1. The Morgan fingerprint density at radius 1 is 1.27 bits per heavy atom. The van der Waals surface area contributed by atoms with Crippen molar-refractivity contribution < 1.29 is 23.9 Å². The molecular formula is C22H25N3O5. The number of nitrogens with zero attached hydrogens (tertiary/aromatic N) is 2. The number of carbonyl (C=O) groups excluding carboxylic acids is 3. The maximum absolute atomic E-state index is 13.3. The third-order valence-electron chi connectivity index (χ3n) is 5.95. The van der Waals surface area contributed by atoms with Gasteiger partial charge >= 0.3 is 6.03 Å². The molecule has 30 heavy (non-hydrogen) atoms. The van der Waals surface area contributed by atoms with Crippen LogP contribution in [0.1, 0.15) is 33.7 Å². The molecule has 0 radical (unpaired) electrons.